The Morgan fingerprint density at radius 3 is 2.50 bits per heavy atom. The molecule has 0 aliphatic heterocycles. The monoisotopic (exact) mass is 550 g/mol. The van der Waals surface area contributed by atoms with Crippen molar-refractivity contribution in [3.05, 3.63) is 126 Å². The molecule has 0 saturated heterocycles. The number of carbonyl (C=O) groups excluding carboxylic acids is 1. The molecule has 7 nitrogen and oxygen atoms in total. The fraction of sp³-hybridized carbons (Fsp3) is 0.0645. The zero-order chi connectivity index (χ0) is 27.9. The van der Waals surface area contributed by atoms with Crippen LogP contribution in [0.25, 0.3) is 33.1 Å². The number of hydrogen-bond acceptors (Lipinski definition) is 5. The van der Waals surface area contributed by atoms with E-state index < -0.39 is 15.8 Å². The first kappa shape index (κ1) is 25.4. The van der Waals surface area contributed by atoms with Gasteiger partial charge in [-0.15, -0.1) is 0 Å². The van der Waals surface area contributed by atoms with Gasteiger partial charge in [-0.1, -0.05) is 54.1 Å². The smallest absolute Gasteiger partial charge is 0.269 e. The van der Waals surface area contributed by atoms with E-state index in [9.17, 15) is 13.2 Å². The molecule has 40 heavy (non-hydrogen) atoms. The molecule has 0 bridgehead atoms. The minimum atomic E-state index is -4.05. The van der Waals surface area contributed by atoms with Crippen molar-refractivity contribution < 1.29 is 17.6 Å². The summed E-state index contributed by atoms with van der Waals surface area (Å²) in [6.07, 6.45) is 4.28. The standard InChI is InChI=1S/C31H23FN4O3S/c1-20-9-11-25(12-10-20)40(38,39)36-19-27(23-14-22-8-5-13-33-29(22)28(32)16-23)26-15-24(18-34-30(26)36)31(37)35-17-21-6-3-2-4-7-21/h2-16,18-19H,17H2,1H3,(H,35,37). The minimum absolute atomic E-state index is 0.0851. The normalized spacial score (nSPS) is 11.7. The Hall–Kier alpha value is -4.89. The first-order valence-electron chi connectivity index (χ1n) is 12.5. The zero-order valence-corrected chi connectivity index (χ0v) is 22.2. The van der Waals surface area contributed by atoms with E-state index in [1.165, 1.54) is 36.8 Å². The van der Waals surface area contributed by atoms with Gasteiger partial charge >= 0.3 is 0 Å². The summed E-state index contributed by atoms with van der Waals surface area (Å²) in [5.41, 5.74) is 3.29. The van der Waals surface area contributed by atoms with Crippen LogP contribution in [0.3, 0.4) is 0 Å². The predicted molar refractivity (Wildman–Crippen MR) is 152 cm³/mol. The van der Waals surface area contributed by atoms with Gasteiger partial charge in [0, 0.05) is 41.5 Å². The van der Waals surface area contributed by atoms with Crippen LogP contribution in [-0.4, -0.2) is 28.3 Å². The van der Waals surface area contributed by atoms with Crippen LogP contribution >= 0.6 is 0 Å². The molecule has 0 saturated carbocycles. The van der Waals surface area contributed by atoms with E-state index in [0.29, 0.717) is 28.4 Å². The Labute approximate surface area is 230 Å². The van der Waals surface area contributed by atoms with Crippen molar-refractivity contribution >= 4 is 37.9 Å². The summed E-state index contributed by atoms with van der Waals surface area (Å²) in [5, 5.41) is 3.82. The zero-order valence-electron chi connectivity index (χ0n) is 21.4. The second kappa shape index (κ2) is 10.0. The lowest BCUT2D eigenvalue weighted by atomic mass is 10.0. The van der Waals surface area contributed by atoms with Gasteiger partial charge in [-0.2, -0.15) is 0 Å². The highest BCUT2D eigenvalue weighted by Gasteiger charge is 2.24. The molecule has 3 heterocycles. The van der Waals surface area contributed by atoms with Crippen molar-refractivity contribution in [3.63, 3.8) is 0 Å². The Kier molecular flexibility index (Phi) is 6.36. The second-order valence-electron chi connectivity index (χ2n) is 9.45. The number of carbonyl (C=O) groups is 1. The number of aromatic nitrogens is 3. The highest BCUT2D eigenvalue weighted by Crippen LogP contribution is 2.35. The van der Waals surface area contributed by atoms with Crippen LogP contribution in [0.2, 0.25) is 0 Å². The summed E-state index contributed by atoms with van der Waals surface area (Å²) in [6, 6.07) is 24.0. The number of rotatable bonds is 6. The molecule has 0 unspecified atom stereocenters. The van der Waals surface area contributed by atoms with Gasteiger partial charge in [0.15, 0.2) is 5.65 Å². The van der Waals surface area contributed by atoms with Crippen LogP contribution in [0.4, 0.5) is 4.39 Å². The fourth-order valence-corrected chi connectivity index (χ4v) is 5.95. The van der Waals surface area contributed by atoms with Crippen molar-refractivity contribution in [3.8, 4) is 11.1 Å². The summed E-state index contributed by atoms with van der Waals surface area (Å²) in [6.45, 7) is 2.19. The average molecular weight is 551 g/mol. The number of halogens is 1. The Bertz CT molecular complexity index is 2000. The number of pyridine rings is 2. The largest absolute Gasteiger partial charge is 0.348 e. The molecular weight excluding hydrogens is 527 g/mol. The molecule has 0 radical (unpaired) electrons. The molecule has 0 fully saturated rings. The molecule has 0 aliphatic carbocycles. The van der Waals surface area contributed by atoms with E-state index in [0.717, 1.165) is 15.1 Å². The maximum atomic E-state index is 15.1. The van der Waals surface area contributed by atoms with Crippen LogP contribution in [0, 0.1) is 12.7 Å². The van der Waals surface area contributed by atoms with Gasteiger partial charge in [0.05, 0.1) is 10.5 Å². The van der Waals surface area contributed by atoms with Crippen LogP contribution < -0.4 is 5.32 Å². The first-order chi connectivity index (χ1) is 19.3. The predicted octanol–water partition coefficient (Wildman–Crippen LogP) is 5.87. The van der Waals surface area contributed by atoms with Gasteiger partial charge in [0.2, 0.25) is 0 Å². The maximum absolute atomic E-state index is 15.1. The lowest BCUT2D eigenvalue weighted by Gasteiger charge is -2.08. The van der Waals surface area contributed by atoms with E-state index in [2.05, 4.69) is 15.3 Å². The summed E-state index contributed by atoms with van der Waals surface area (Å²) < 4.78 is 43.6. The van der Waals surface area contributed by atoms with Crippen LogP contribution in [0.1, 0.15) is 21.5 Å². The second-order valence-corrected chi connectivity index (χ2v) is 11.3. The third-order valence-corrected chi connectivity index (χ3v) is 8.38. The van der Waals surface area contributed by atoms with Crippen molar-refractivity contribution in [1.82, 2.24) is 19.3 Å². The van der Waals surface area contributed by atoms with E-state index in [1.807, 2.05) is 37.3 Å². The Morgan fingerprint density at radius 2 is 1.73 bits per heavy atom. The number of nitrogens with one attached hydrogen (secondary N) is 1. The lowest BCUT2D eigenvalue weighted by molar-refractivity contribution is 0.0950. The SMILES string of the molecule is Cc1ccc(S(=O)(=O)n2cc(-c3cc(F)c4ncccc4c3)c3cc(C(=O)NCc4ccccc4)cnc32)cc1. The summed E-state index contributed by atoms with van der Waals surface area (Å²) in [5.74, 6) is -0.910. The molecule has 0 aliphatic rings. The van der Waals surface area contributed by atoms with E-state index in [1.54, 1.807) is 36.4 Å². The Balaban J connectivity index is 1.50. The summed E-state index contributed by atoms with van der Waals surface area (Å²) in [7, 11) is -4.05. The number of aryl methyl sites for hydroxylation is 1. The Morgan fingerprint density at radius 1 is 0.950 bits per heavy atom. The van der Waals surface area contributed by atoms with E-state index >= 15 is 4.39 Å². The third-order valence-electron chi connectivity index (χ3n) is 6.72. The molecule has 3 aromatic carbocycles. The molecule has 198 valence electrons. The topological polar surface area (TPSA) is 94.0 Å². The van der Waals surface area contributed by atoms with Gasteiger partial charge in [-0.25, -0.2) is 21.8 Å². The van der Waals surface area contributed by atoms with Crippen LogP contribution in [0.15, 0.2) is 108 Å². The van der Waals surface area contributed by atoms with Crippen molar-refractivity contribution in [2.45, 2.75) is 18.4 Å². The highest BCUT2D eigenvalue weighted by molar-refractivity contribution is 7.90. The third kappa shape index (κ3) is 4.60. The molecule has 6 aromatic rings. The van der Waals surface area contributed by atoms with E-state index in [-0.39, 0.29) is 27.5 Å². The van der Waals surface area contributed by atoms with Gasteiger partial charge in [-0.05, 0) is 54.4 Å². The molecule has 6 rings (SSSR count). The quantitative estimate of drug-likeness (QED) is 0.280. The van der Waals surface area contributed by atoms with E-state index in [4.69, 9.17) is 0 Å². The number of benzene rings is 3. The molecule has 3 aromatic heterocycles. The van der Waals surface area contributed by atoms with Gasteiger partial charge in [0.1, 0.15) is 11.3 Å². The van der Waals surface area contributed by atoms with Gasteiger partial charge < -0.3 is 5.32 Å². The van der Waals surface area contributed by atoms with Crippen LogP contribution in [0.5, 0.6) is 0 Å². The maximum Gasteiger partial charge on any atom is 0.269 e. The molecule has 0 atom stereocenters. The fourth-order valence-electron chi connectivity index (χ4n) is 4.62. The lowest BCUT2D eigenvalue weighted by Crippen LogP contribution is -2.23. The molecule has 0 spiro atoms. The minimum Gasteiger partial charge on any atom is -0.348 e. The molecule has 1 amide bonds. The van der Waals surface area contributed by atoms with Crippen molar-refractivity contribution in [2.24, 2.45) is 0 Å². The summed E-state index contributed by atoms with van der Waals surface area (Å²) >= 11 is 0. The number of fused-ring (bicyclic) bond motifs is 2. The first-order valence-corrected chi connectivity index (χ1v) is 14.0. The summed E-state index contributed by atoms with van der Waals surface area (Å²) in [4.78, 5) is 21.7. The number of nitrogens with zero attached hydrogens (tertiary/aromatic N) is 3. The van der Waals surface area contributed by atoms with Gasteiger partial charge in [0.25, 0.3) is 15.9 Å². The molecule has 1 N–H and O–H groups in total. The molecular formula is C31H23FN4O3S. The molecule has 9 heteroatoms. The van der Waals surface area contributed by atoms with Crippen molar-refractivity contribution in [1.29, 1.82) is 0 Å². The number of amides is 1. The highest BCUT2D eigenvalue weighted by atomic mass is 32.2. The van der Waals surface area contributed by atoms with Crippen LogP contribution in [-0.2, 0) is 16.6 Å². The number of hydrogen-bond donors (Lipinski definition) is 1. The average Bonchev–Trinajstić information content (AvgIpc) is 3.36. The van der Waals surface area contributed by atoms with Gasteiger partial charge in [-0.3, -0.25) is 9.78 Å². The van der Waals surface area contributed by atoms with Crippen molar-refractivity contribution in [2.75, 3.05) is 0 Å².